The van der Waals surface area contributed by atoms with Gasteiger partial charge < -0.3 is 15.2 Å². The fraction of sp³-hybridized carbons (Fsp3) is 0.500. The number of carbonyl (C=O) groups is 1. The van der Waals surface area contributed by atoms with Gasteiger partial charge in [-0.25, -0.2) is 19.1 Å². The van der Waals surface area contributed by atoms with Crippen molar-refractivity contribution in [3.05, 3.63) is 34.5 Å². The van der Waals surface area contributed by atoms with Gasteiger partial charge in [0.25, 0.3) is 0 Å². The number of thiazole rings is 1. The van der Waals surface area contributed by atoms with Crippen molar-refractivity contribution in [1.29, 1.82) is 0 Å². The number of nitrogens with one attached hydrogen (secondary N) is 1. The van der Waals surface area contributed by atoms with Crippen molar-refractivity contribution < 1.29 is 27.6 Å². The minimum absolute atomic E-state index is 0. The largest absolute Gasteiger partial charge is 0.435 e. The van der Waals surface area contributed by atoms with E-state index in [0.29, 0.717) is 16.8 Å². The fourth-order valence-electron chi connectivity index (χ4n) is 3.12. The number of hydrogen-bond acceptors (Lipinski definition) is 6. The summed E-state index contributed by atoms with van der Waals surface area (Å²) in [6, 6.07) is 2.02. The van der Waals surface area contributed by atoms with E-state index in [-0.39, 0.29) is 40.3 Å². The molecule has 1 aromatic heterocycles. The van der Waals surface area contributed by atoms with Crippen LogP contribution in [0.2, 0.25) is 0 Å². The zero-order valence-corrected chi connectivity index (χ0v) is 21.2. The molecule has 0 radical (unpaired) electrons. The lowest BCUT2D eigenvalue weighted by Crippen LogP contribution is -2.18. The Kier molecular flexibility index (Phi) is 8.50. The zero-order valence-electron chi connectivity index (χ0n) is 18.6. The quantitative estimate of drug-likeness (QED) is 0.471. The number of nitrogens with zero attached hydrogens (tertiary/aromatic N) is 2. The van der Waals surface area contributed by atoms with E-state index in [1.165, 1.54) is 32.2 Å². The predicted octanol–water partition coefficient (Wildman–Crippen LogP) is 5.02. The highest BCUT2D eigenvalue weighted by Gasteiger charge is 2.30. The number of benzene rings is 1. The van der Waals surface area contributed by atoms with Crippen LogP contribution in [0.5, 0.6) is 5.75 Å². The van der Waals surface area contributed by atoms with Crippen molar-refractivity contribution in [2.75, 3.05) is 5.32 Å². The molecule has 0 spiro atoms. The summed E-state index contributed by atoms with van der Waals surface area (Å²) in [5.74, 6) is -0.00356. The number of alkyl halides is 2. The maximum Gasteiger partial charge on any atom is 0.387 e. The minimum Gasteiger partial charge on any atom is -0.435 e. The van der Waals surface area contributed by atoms with Gasteiger partial charge >= 0.3 is 12.6 Å². The predicted molar refractivity (Wildman–Crippen MR) is 129 cm³/mol. The fourth-order valence-corrected chi connectivity index (χ4v) is 5.18. The summed E-state index contributed by atoms with van der Waals surface area (Å²) in [5.41, 5.74) is 0.448. The van der Waals surface area contributed by atoms with E-state index in [0.717, 1.165) is 24.2 Å². The second-order valence-electron chi connectivity index (χ2n) is 8.42. The van der Waals surface area contributed by atoms with Gasteiger partial charge in [0.1, 0.15) is 20.6 Å². The summed E-state index contributed by atoms with van der Waals surface area (Å²) in [6.45, 7) is 3.78. The molecule has 2 amide bonds. The van der Waals surface area contributed by atoms with Crippen molar-refractivity contribution >= 4 is 46.5 Å². The number of amides is 2. The van der Waals surface area contributed by atoms with E-state index in [1.807, 2.05) is 13.8 Å². The Hall–Kier alpha value is -1.80. The molecule has 0 saturated heterocycles. The van der Waals surface area contributed by atoms with Crippen molar-refractivity contribution in [3.8, 4) is 5.75 Å². The highest BCUT2D eigenvalue weighted by molar-refractivity contribution is 7.93. The first kappa shape index (κ1) is 27.4. The number of carbonyl (C=O) groups excluding carboxylic acids is 1. The van der Waals surface area contributed by atoms with Crippen LogP contribution in [0, 0.1) is 0 Å². The molecule has 1 aliphatic rings. The Labute approximate surface area is 202 Å². The zero-order chi connectivity index (χ0) is 23.8. The summed E-state index contributed by atoms with van der Waals surface area (Å²) in [5, 5.41) is 18.8. The average Bonchev–Trinajstić information content (AvgIpc) is 3.34. The summed E-state index contributed by atoms with van der Waals surface area (Å²) < 4.78 is 46.7. The molecule has 8 nitrogen and oxygen atoms in total. The standard InChI is InChI=1S/C20H26F2N4O4S2.H2S/c1-10(2)13-7-12(30-18(21)22)8-14(11-5-6-11)16(13)25-19(27)26-32(23,29)15-9-24-17(31-15)20(3,4)28;/h7-11,18,28H,5-6H2,1-4H3,(H3,23,25,26,27,29);1H2. The number of anilines is 1. The Balaban J connectivity index is 0.00000385. The number of nitrogens with two attached hydrogens (primary N) is 1. The number of rotatable bonds is 7. The van der Waals surface area contributed by atoms with Gasteiger partial charge in [0.15, 0.2) is 9.92 Å². The van der Waals surface area contributed by atoms with Gasteiger partial charge in [-0.15, -0.1) is 15.7 Å². The molecule has 13 heteroatoms. The second-order valence-corrected chi connectivity index (χ2v) is 11.5. The first-order valence-corrected chi connectivity index (χ1v) is 12.3. The lowest BCUT2D eigenvalue weighted by atomic mass is 9.95. The van der Waals surface area contributed by atoms with Gasteiger partial charge in [-0.3, -0.25) is 0 Å². The van der Waals surface area contributed by atoms with Crippen molar-refractivity contribution in [1.82, 2.24) is 4.98 Å². The van der Waals surface area contributed by atoms with Crippen LogP contribution in [0.25, 0.3) is 0 Å². The molecule has 4 N–H and O–H groups in total. The molecule has 1 aromatic carbocycles. The summed E-state index contributed by atoms with van der Waals surface area (Å²) in [7, 11) is -3.61. The van der Waals surface area contributed by atoms with Crippen LogP contribution in [0.1, 0.15) is 68.5 Å². The molecule has 3 rings (SSSR count). The number of halogens is 2. The van der Waals surface area contributed by atoms with Crippen LogP contribution in [0.15, 0.2) is 26.9 Å². The summed E-state index contributed by atoms with van der Waals surface area (Å²) >= 11 is 0.906. The van der Waals surface area contributed by atoms with E-state index in [2.05, 4.69) is 19.4 Å². The molecule has 1 fully saturated rings. The van der Waals surface area contributed by atoms with E-state index in [9.17, 15) is 22.9 Å². The Morgan fingerprint density at radius 1 is 1.39 bits per heavy atom. The van der Waals surface area contributed by atoms with E-state index >= 15 is 0 Å². The lowest BCUT2D eigenvalue weighted by molar-refractivity contribution is -0.0499. The molecule has 1 aliphatic carbocycles. The molecule has 1 saturated carbocycles. The molecule has 0 bridgehead atoms. The first-order chi connectivity index (χ1) is 14.8. The van der Waals surface area contributed by atoms with Crippen LogP contribution >= 0.6 is 24.8 Å². The molecule has 2 aromatic rings. The van der Waals surface area contributed by atoms with Crippen LogP contribution in [0.4, 0.5) is 19.3 Å². The molecule has 184 valence electrons. The maximum absolute atomic E-state index is 12.9. The van der Waals surface area contributed by atoms with E-state index < -0.39 is 28.2 Å². The van der Waals surface area contributed by atoms with Crippen LogP contribution < -0.4 is 15.2 Å². The van der Waals surface area contributed by atoms with Crippen LogP contribution in [0.3, 0.4) is 0 Å². The molecule has 1 atom stereocenters. The topological polar surface area (TPSA) is 127 Å². The third kappa shape index (κ3) is 6.85. The van der Waals surface area contributed by atoms with Crippen molar-refractivity contribution in [3.63, 3.8) is 0 Å². The van der Waals surface area contributed by atoms with Gasteiger partial charge in [0.05, 0.1) is 6.20 Å². The molecular weight excluding hydrogens is 494 g/mol. The number of aliphatic hydroxyl groups is 1. The smallest absolute Gasteiger partial charge is 0.387 e. The monoisotopic (exact) mass is 522 g/mol. The van der Waals surface area contributed by atoms with Crippen LogP contribution in [-0.2, 0) is 15.5 Å². The second kappa shape index (κ2) is 10.2. The van der Waals surface area contributed by atoms with E-state index in [4.69, 9.17) is 5.14 Å². The molecule has 1 unspecified atom stereocenters. The number of urea groups is 1. The van der Waals surface area contributed by atoms with Crippen molar-refractivity contribution in [2.24, 2.45) is 9.50 Å². The Morgan fingerprint density at radius 3 is 2.52 bits per heavy atom. The minimum atomic E-state index is -3.61. The normalized spacial score (nSPS) is 15.7. The first-order valence-electron chi connectivity index (χ1n) is 9.95. The van der Waals surface area contributed by atoms with Crippen molar-refractivity contribution in [2.45, 2.75) is 68.8 Å². The van der Waals surface area contributed by atoms with Crippen LogP contribution in [-0.4, -0.2) is 26.9 Å². The maximum atomic E-state index is 12.9. The Bertz CT molecular complexity index is 1110. The van der Waals surface area contributed by atoms with Gasteiger partial charge in [0, 0.05) is 5.69 Å². The molecule has 0 aliphatic heterocycles. The number of aromatic nitrogens is 1. The van der Waals surface area contributed by atoms with Gasteiger partial charge in [-0.2, -0.15) is 22.3 Å². The summed E-state index contributed by atoms with van der Waals surface area (Å²) in [6.07, 6.45) is 2.93. The van der Waals surface area contributed by atoms with E-state index in [1.54, 1.807) is 0 Å². The molecule has 1 heterocycles. The highest BCUT2D eigenvalue weighted by Crippen LogP contribution is 2.47. The summed E-state index contributed by atoms with van der Waals surface area (Å²) in [4.78, 5) is 16.7. The van der Waals surface area contributed by atoms with Gasteiger partial charge in [-0.05, 0) is 61.8 Å². The van der Waals surface area contributed by atoms with Gasteiger partial charge in [0.2, 0.25) is 0 Å². The molecular formula is C20H28F2N4O4S3. The average molecular weight is 523 g/mol. The Morgan fingerprint density at radius 2 is 2.03 bits per heavy atom. The number of ether oxygens (including phenoxy) is 1. The molecule has 33 heavy (non-hydrogen) atoms. The third-order valence-corrected chi connectivity index (χ3v) is 7.97. The SMILES string of the molecule is CC(C)c1cc(OC(F)F)cc(C2CC2)c1NC(=O)N=S(N)(=O)c1cnc(C(C)(C)O)s1.S. The number of hydrogen-bond donors (Lipinski definition) is 3. The highest BCUT2D eigenvalue weighted by atomic mass is 32.2. The lowest BCUT2D eigenvalue weighted by Gasteiger charge is -2.19. The third-order valence-electron chi connectivity index (χ3n) is 4.78. The van der Waals surface area contributed by atoms with Gasteiger partial charge in [-0.1, -0.05) is 13.8 Å².